The van der Waals surface area contributed by atoms with Crippen molar-refractivity contribution in [2.24, 2.45) is 0 Å². The Morgan fingerprint density at radius 1 is 1.31 bits per heavy atom. The minimum Gasteiger partial charge on any atom is -0.443 e. The molecule has 0 spiro atoms. The summed E-state index contributed by atoms with van der Waals surface area (Å²) in [7, 11) is 0. The average molecular weight is 363 g/mol. The largest absolute Gasteiger partial charge is 0.443 e. The Bertz CT molecular complexity index is 786. The normalized spacial score (nSPS) is 20.2. The van der Waals surface area contributed by atoms with E-state index in [0.29, 0.717) is 21.9 Å². The molecule has 1 aromatic heterocycles. The Kier molecular flexibility index (Phi) is 4.62. The van der Waals surface area contributed by atoms with E-state index in [1.807, 2.05) is 0 Å². The third-order valence-corrected chi connectivity index (χ3v) is 3.71. The molecule has 0 saturated carbocycles. The molecule has 3 rings (SSSR count). The standard InChI is InChI=1S/C17H18FN3O5/c1-17(2,3)26-16(23)21-12(8-18)13(25-15(21)22)10-4-6-11(7-5-10)14-19-9-24-20-14/h4-7,9,12-13H,8H2,1-3H3/t12-,13-/m1/s1. The summed E-state index contributed by atoms with van der Waals surface area (Å²) < 4.78 is 28.7. The molecule has 2 amide bonds. The molecule has 26 heavy (non-hydrogen) atoms. The summed E-state index contributed by atoms with van der Waals surface area (Å²) >= 11 is 0. The predicted octanol–water partition coefficient (Wildman–Crippen LogP) is 3.50. The quantitative estimate of drug-likeness (QED) is 0.823. The second kappa shape index (κ2) is 6.74. The highest BCUT2D eigenvalue weighted by Crippen LogP contribution is 2.34. The Morgan fingerprint density at radius 3 is 2.54 bits per heavy atom. The first-order chi connectivity index (χ1) is 12.3. The molecule has 1 aliphatic rings. The summed E-state index contributed by atoms with van der Waals surface area (Å²) in [6.07, 6.45) is -1.59. The van der Waals surface area contributed by atoms with E-state index in [9.17, 15) is 14.0 Å². The lowest BCUT2D eigenvalue weighted by atomic mass is 10.0. The van der Waals surface area contributed by atoms with Gasteiger partial charge in [-0.3, -0.25) is 0 Å². The molecule has 8 nitrogen and oxygen atoms in total. The number of halogens is 1. The van der Waals surface area contributed by atoms with Gasteiger partial charge in [-0.1, -0.05) is 29.4 Å². The number of hydrogen-bond acceptors (Lipinski definition) is 7. The number of aromatic nitrogens is 2. The van der Waals surface area contributed by atoms with Crippen molar-refractivity contribution in [2.75, 3.05) is 6.67 Å². The molecule has 2 heterocycles. The average Bonchev–Trinajstić information content (AvgIpc) is 3.20. The van der Waals surface area contributed by atoms with E-state index in [1.165, 1.54) is 6.39 Å². The fraction of sp³-hybridized carbons (Fsp3) is 0.412. The number of imide groups is 1. The molecule has 1 fully saturated rings. The zero-order chi connectivity index (χ0) is 18.9. The minimum absolute atomic E-state index is 0.400. The van der Waals surface area contributed by atoms with Crippen LogP contribution in [-0.4, -0.2) is 45.5 Å². The van der Waals surface area contributed by atoms with Gasteiger partial charge >= 0.3 is 12.2 Å². The molecule has 9 heteroatoms. The zero-order valence-corrected chi connectivity index (χ0v) is 14.5. The molecule has 0 aliphatic carbocycles. The lowest BCUT2D eigenvalue weighted by Crippen LogP contribution is -2.43. The summed E-state index contributed by atoms with van der Waals surface area (Å²) in [4.78, 5) is 29.0. The van der Waals surface area contributed by atoms with E-state index < -0.39 is 36.6 Å². The number of hydrogen-bond donors (Lipinski definition) is 0. The molecular formula is C17H18FN3O5. The second-order valence-corrected chi connectivity index (χ2v) is 6.75. The topological polar surface area (TPSA) is 94.8 Å². The maximum absolute atomic E-state index is 13.6. The van der Waals surface area contributed by atoms with Crippen molar-refractivity contribution in [2.45, 2.75) is 38.5 Å². The van der Waals surface area contributed by atoms with Gasteiger partial charge in [0.15, 0.2) is 6.10 Å². The number of benzene rings is 1. The molecule has 1 aromatic carbocycles. The Balaban J connectivity index is 1.82. The first-order valence-electron chi connectivity index (χ1n) is 7.95. The van der Waals surface area contributed by atoms with E-state index in [2.05, 4.69) is 14.7 Å². The highest BCUT2D eigenvalue weighted by atomic mass is 19.1. The second-order valence-electron chi connectivity index (χ2n) is 6.75. The van der Waals surface area contributed by atoms with Gasteiger partial charge in [0.1, 0.15) is 18.3 Å². The van der Waals surface area contributed by atoms with Gasteiger partial charge in [-0.25, -0.2) is 18.9 Å². The van der Waals surface area contributed by atoms with Crippen LogP contribution in [0.1, 0.15) is 32.4 Å². The summed E-state index contributed by atoms with van der Waals surface area (Å²) in [5.74, 6) is 0.400. The van der Waals surface area contributed by atoms with Crippen LogP contribution in [0.15, 0.2) is 35.2 Å². The monoisotopic (exact) mass is 363 g/mol. The van der Waals surface area contributed by atoms with Crippen molar-refractivity contribution in [1.29, 1.82) is 0 Å². The van der Waals surface area contributed by atoms with Gasteiger partial charge < -0.3 is 14.0 Å². The molecule has 138 valence electrons. The maximum Gasteiger partial charge on any atom is 0.420 e. The fourth-order valence-corrected chi connectivity index (χ4v) is 2.60. The predicted molar refractivity (Wildman–Crippen MR) is 86.8 cm³/mol. The van der Waals surface area contributed by atoms with Crippen molar-refractivity contribution >= 4 is 12.2 Å². The van der Waals surface area contributed by atoms with Crippen molar-refractivity contribution < 1.29 is 28.0 Å². The third kappa shape index (κ3) is 3.51. The number of alkyl halides is 1. The van der Waals surface area contributed by atoms with E-state index in [0.717, 1.165) is 0 Å². The zero-order valence-electron chi connectivity index (χ0n) is 14.5. The van der Waals surface area contributed by atoms with Gasteiger partial charge in [0, 0.05) is 5.56 Å². The number of amides is 2. The summed E-state index contributed by atoms with van der Waals surface area (Å²) in [5.41, 5.74) is 0.412. The highest BCUT2D eigenvalue weighted by Gasteiger charge is 2.47. The number of carbonyl (C=O) groups is 2. The van der Waals surface area contributed by atoms with E-state index in [1.54, 1.807) is 45.0 Å². The molecule has 1 aliphatic heterocycles. The number of carbonyl (C=O) groups excluding carboxylic acids is 2. The van der Waals surface area contributed by atoms with E-state index in [-0.39, 0.29) is 0 Å². The summed E-state index contributed by atoms with van der Waals surface area (Å²) in [6.45, 7) is 4.02. The van der Waals surface area contributed by atoms with Crippen LogP contribution >= 0.6 is 0 Å². The Labute approximate surface area is 148 Å². The van der Waals surface area contributed by atoms with Gasteiger partial charge in [0.05, 0.1) is 0 Å². The van der Waals surface area contributed by atoms with Crippen LogP contribution in [0.25, 0.3) is 11.4 Å². The maximum atomic E-state index is 13.6. The van der Waals surface area contributed by atoms with Crippen LogP contribution in [-0.2, 0) is 9.47 Å². The number of cyclic esters (lactones) is 1. The van der Waals surface area contributed by atoms with Gasteiger partial charge in [0.2, 0.25) is 12.2 Å². The first kappa shape index (κ1) is 17.8. The molecular weight excluding hydrogens is 345 g/mol. The van der Waals surface area contributed by atoms with Crippen LogP contribution in [0, 0.1) is 0 Å². The number of rotatable bonds is 3. The minimum atomic E-state index is -1.10. The Hall–Kier alpha value is -2.97. The SMILES string of the molecule is CC(C)(C)OC(=O)N1C(=O)O[C@H](c2ccc(-c3ncon3)cc2)[C@H]1CF. The molecule has 1 saturated heterocycles. The van der Waals surface area contributed by atoms with Crippen LogP contribution < -0.4 is 0 Å². The van der Waals surface area contributed by atoms with Crippen LogP contribution in [0.2, 0.25) is 0 Å². The smallest absolute Gasteiger partial charge is 0.420 e. The lowest BCUT2D eigenvalue weighted by molar-refractivity contribution is 0.0269. The van der Waals surface area contributed by atoms with E-state index in [4.69, 9.17) is 9.47 Å². The van der Waals surface area contributed by atoms with Gasteiger partial charge in [-0.15, -0.1) is 0 Å². The highest BCUT2D eigenvalue weighted by molar-refractivity contribution is 5.90. The van der Waals surface area contributed by atoms with Crippen molar-refractivity contribution in [1.82, 2.24) is 15.0 Å². The number of nitrogens with zero attached hydrogens (tertiary/aromatic N) is 3. The summed E-state index contributed by atoms with van der Waals surface area (Å²) in [5, 5.41) is 3.73. The Morgan fingerprint density at radius 2 is 2.00 bits per heavy atom. The van der Waals surface area contributed by atoms with Gasteiger partial charge in [0.25, 0.3) is 0 Å². The van der Waals surface area contributed by atoms with Crippen molar-refractivity contribution in [3.05, 3.63) is 36.2 Å². The molecule has 0 N–H and O–H groups in total. The van der Waals surface area contributed by atoms with Crippen molar-refractivity contribution in [3.63, 3.8) is 0 Å². The van der Waals surface area contributed by atoms with E-state index >= 15 is 0 Å². The van der Waals surface area contributed by atoms with Gasteiger partial charge in [-0.05, 0) is 26.3 Å². The molecule has 0 unspecified atom stereocenters. The lowest BCUT2D eigenvalue weighted by Gasteiger charge is -2.25. The third-order valence-electron chi connectivity index (χ3n) is 3.71. The molecule has 2 atom stereocenters. The fourth-order valence-electron chi connectivity index (χ4n) is 2.60. The molecule has 2 aromatic rings. The molecule has 0 radical (unpaired) electrons. The van der Waals surface area contributed by atoms with Crippen LogP contribution in [0.5, 0.6) is 0 Å². The van der Waals surface area contributed by atoms with Gasteiger partial charge in [-0.2, -0.15) is 4.98 Å². The van der Waals surface area contributed by atoms with Crippen molar-refractivity contribution in [3.8, 4) is 11.4 Å². The number of ether oxygens (including phenoxy) is 2. The van der Waals surface area contributed by atoms with Crippen LogP contribution in [0.4, 0.5) is 14.0 Å². The molecule has 0 bridgehead atoms. The summed E-state index contributed by atoms with van der Waals surface area (Å²) in [6, 6.07) is 5.60. The first-order valence-corrected chi connectivity index (χ1v) is 7.95. The van der Waals surface area contributed by atoms with Crippen LogP contribution in [0.3, 0.4) is 0 Å².